The van der Waals surface area contributed by atoms with E-state index in [-0.39, 0.29) is 11.4 Å². The minimum Gasteiger partial charge on any atom is -0.341 e. The molecule has 0 saturated heterocycles. The number of hydrogen-bond acceptors (Lipinski definition) is 1. The zero-order chi connectivity index (χ0) is 13.7. The van der Waals surface area contributed by atoms with E-state index in [0.29, 0.717) is 11.8 Å². The molecule has 0 saturated carbocycles. The maximum absolute atomic E-state index is 11.9. The van der Waals surface area contributed by atoms with Crippen molar-refractivity contribution in [2.45, 2.75) is 79.2 Å². The molecule has 102 valence electrons. The van der Waals surface area contributed by atoms with Gasteiger partial charge in [-0.2, -0.15) is 0 Å². The van der Waals surface area contributed by atoms with Crippen LogP contribution in [0.4, 0.5) is 0 Å². The summed E-state index contributed by atoms with van der Waals surface area (Å²) in [6.07, 6.45) is 5.36. The number of carbonyl (C=O) groups is 1. The van der Waals surface area contributed by atoms with Crippen molar-refractivity contribution in [1.29, 1.82) is 0 Å². The van der Waals surface area contributed by atoms with Gasteiger partial charge in [0, 0.05) is 19.0 Å². The summed E-state index contributed by atoms with van der Waals surface area (Å²) in [7, 11) is 1.90. The first-order valence-corrected chi connectivity index (χ1v) is 6.81. The van der Waals surface area contributed by atoms with E-state index < -0.39 is 0 Å². The molecule has 0 bridgehead atoms. The molecule has 2 heteroatoms. The van der Waals surface area contributed by atoms with Gasteiger partial charge in [0.15, 0.2) is 0 Å². The number of carbonyl (C=O) groups excluding carboxylic acids is 1. The maximum Gasteiger partial charge on any atom is 0.222 e. The van der Waals surface area contributed by atoms with Gasteiger partial charge in [0.05, 0.1) is 0 Å². The van der Waals surface area contributed by atoms with Gasteiger partial charge in [-0.3, -0.25) is 4.79 Å². The Morgan fingerprint density at radius 1 is 0.941 bits per heavy atom. The van der Waals surface area contributed by atoms with E-state index in [2.05, 4.69) is 41.5 Å². The molecule has 0 aromatic heterocycles. The summed E-state index contributed by atoms with van der Waals surface area (Å²) >= 11 is 0. The lowest BCUT2D eigenvalue weighted by Crippen LogP contribution is -2.42. The highest BCUT2D eigenvalue weighted by Gasteiger charge is 2.21. The van der Waals surface area contributed by atoms with Gasteiger partial charge in [-0.25, -0.2) is 0 Å². The van der Waals surface area contributed by atoms with Crippen molar-refractivity contribution in [1.82, 2.24) is 4.90 Å². The van der Waals surface area contributed by atoms with Crippen molar-refractivity contribution in [2.75, 3.05) is 7.05 Å². The van der Waals surface area contributed by atoms with Crippen LogP contribution >= 0.6 is 0 Å². The molecule has 0 radical (unpaired) electrons. The van der Waals surface area contributed by atoms with E-state index in [9.17, 15) is 4.79 Å². The van der Waals surface area contributed by atoms with Crippen LogP contribution in [0, 0.1) is 5.41 Å². The lowest BCUT2D eigenvalue weighted by Gasteiger charge is -2.32. The van der Waals surface area contributed by atoms with Gasteiger partial charge in [0.25, 0.3) is 0 Å². The topological polar surface area (TPSA) is 20.3 Å². The van der Waals surface area contributed by atoms with Gasteiger partial charge >= 0.3 is 0 Å². The van der Waals surface area contributed by atoms with E-state index in [1.54, 1.807) is 0 Å². The van der Waals surface area contributed by atoms with Crippen molar-refractivity contribution in [3.8, 4) is 0 Å². The Balaban J connectivity index is 3.73. The van der Waals surface area contributed by atoms with Gasteiger partial charge < -0.3 is 4.90 Å². The molecule has 2 nitrogen and oxygen atoms in total. The smallest absolute Gasteiger partial charge is 0.222 e. The monoisotopic (exact) mass is 241 g/mol. The zero-order valence-electron chi connectivity index (χ0n) is 12.9. The fraction of sp³-hybridized carbons (Fsp3) is 0.933. The Morgan fingerprint density at radius 2 is 1.47 bits per heavy atom. The molecule has 0 atom stereocenters. The lowest BCUT2D eigenvalue weighted by atomic mass is 9.89. The SMILES string of the molecule is CN(C(=O)CCCCCC(C)(C)C)C(C)(C)C. The van der Waals surface area contributed by atoms with Crippen molar-refractivity contribution in [2.24, 2.45) is 5.41 Å². The summed E-state index contributed by atoms with van der Waals surface area (Å²) in [5.74, 6) is 0.272. The second-order valence-corrected chi connectivity index (χ2v) is 7.24. The summed E-state index contributed by atoms with van der Waals surface area (Å²) in [4.78, 5) is 13.7. The Kier molecular flexibility index (Phi) is 6.22. The minimum absolute atomic E-state index is 0.0531. The lowest BCUT2D eigenvalue weighted by molar-refractivity contribution is -0.134. The van der Waals surface area contributed by atoms with E-state index in [1.807, 2.05) is 11.9 Å². The number of hydrogen-bond donors (Lipinski definition) is 0. The van der Waals surface area contributed by atoms with Crippen LogP contribution in [-0.4, -0.2) is 23.4 Å². The van der Waals surface area contributed by atoms with Gasteiger partial charge in [-0.15, -0.1) is 0 Å². The Bertz CT molecular complexity index is 232. The highest BCUT2D eigenvalue weighted by atomic mass is 16.2. The number of unbranched alkanes of at least 4 members (excludes halogenated alkanes) is 2. The first-order valence-electron chi connectivity index (χ1n) is 6.81. The van der Waals surface area contributed by atoms with Crippen molar-refractivity contribution >= 4 is 5.91 Å². The Morgan fingerprint density at radius 3 is 1.88 bits per heavy atom. The van der Waals surface area contributed by atoms with E-state index in [0.717, 1.165) is 6.42 Å². The predicted octanol–water partition coefficient (Wildman–Crippen LogP) is 4.24. The summed E-state index contributed by atoms with van der Waals surface area (Å²) in [5.41, 5.74) is 0.370. The van der Waals surface area contributed by atoms with Crippen LogP contribution in [0.3, 0.4) is 0 Å². The maximum atomic E-state index is 11.9. The largest absolute Gasteiger partial charge is 0.341 e. The van der Waals surface area contributed by atoms with Gasteiger partial charge in [0.1, 0.15) is 0 Å². The molecule has 0 rings (SSSR count). The minimum atomic E-state index is -0.0531. The zero-order valence-corrected chi connectivity index (χ0v) is 12.9. The number of amides is 1. The summed E-state index contributed by atoms with van der Waals surface area (Å²) in [6, 6.07) is 0. The third-order valence-corrected chi connectivity index (χ3v) is 3.20. The number of rotatable bonds is 5. The van der Waals surface area contributed by atoms with Crippen LogP contribution in [-0.2, 0) is 4.79 Å². The molecule has 0 aliphatic carbocycles. The molecule has 1 amide bonds. The molecule has 0 unspecified atom stereocenters. The fourth-order valence-electron chi connectivity index (χ4n) is 1.65. The van der Waals surface area contributed by atoms with Crippen LogP contribution in [0.15, 0.2) is 0 Å². The molecule has 0 fully saturated rings. The molecular formula is C15H31NO. The van der Waals surface area contributed by atoms with Gasteiger partial charge in [-0.05, 0) is 39.0 Å². The molecule has 0 aromatic rings. The quantitative estimate of drug-likeness (QED) is 0.659. The van der Waals surface area contributed by atoms with Crippen molar-refractivity contribution in [3.05, 3.63) is 0 Å². The second kappa shape index (κ2) is 6.42. The average Bonchev–Trinajstić information content (AvgIpc) is 2.12. The highest BCUT2D eigenvalue weighted by Crippen LogP contribution is 2.22. The van der Waals surface area contributed by atoms with Crippen LogP contribution in [0.25, 0.3) is 0 Å². The van der Waals surface area contributed by atoms with Crippen LogP contribution in [0.1, 0.15) is 73.6 Å². The first-order chi connectivity index (χ1) is 7.54. The van der Waals surface area contributed by atoms with Crippen LogP contribution < -0.4 is 0 Å². The summed E-state index contributed by atoms with van der Waals surface area (Å²) in [6.45, 7) is 13.0. The van der Waals surface area contributed by atoms with Crippen LogP contribution in [0.5, 0.6) is 0 Å². The van der Waals surface area contributed by atoms with E-state index >= 15 is 0 Å². The van der Waals surface area contributed by atoms with Crippen LogP contribution in [0.2, 0.25) is 0 Å². The highest BCUT2D eigenvalue weighted by molar-refractivity contribution is 5.76. The van der Waals surface area contributed by atoms with Gasteiger partial charge in [0.2, 0.25) is 5.91 Å². The average molecular weight is 241 g/mol. The third kappa shape index (κ3) is 8.23. The van der Waals surface area contributed by atoms with Crippen molar-refractivity contribution < 1.29 is 4.79 Å². The molecule has 0 aliphatic heterocycles. The molecular weight excluding hydrogens is 210 g/mol. The molecule has 17 heavy (non-hydrogen) atoms. The Labute approximate surface area is 108 Å². The molecule has 0 N–H and O–H groups in total. The fourth-order valence-corrected chi connectivity index (χ4v) is 1.65. The summed E-state index contributed by atoms with van der Waals surface area (Å²) in [5, 5.41) is 0. The molecule has 0 heterocycles. The summed E-state index contributed by atoms with van der Waals surface area (Å²) < 4.78 is 0. The van der Waals surface area contributed by atoms with Gasteiger partial charge in [-0.1, -0.05) is 33.6 Å². The normalized spacial score (nSPS) is 12.6. The molecule has 0 spiro atoms. The number of nitrogens with zero attached hydrogens (tertiary/aromatic N) is 1. The Hall–Kier alpha value is -0.530. The van der Waals surface area contributed by atoms with E-state index in [1.165, 1.54) is 19.3 Å². The second-order valence-electron chi connectivity index (χ2n) is 7.24. The first kappa shape index (κ1) is 16.5. The van der Waals surface area contributed by atoms with E-state index in [4.69, 9.17) is 0 Å². The third-order valence-electron chi connectivity index (χ3n) is 3.20. The van der Waals surface area contributed by atoms with Crippen molar-refractivity contribution in [3.63, 3.8) is 0 Å². The molecule has 0 aliphatic rings. The standard InChI is InChI=1S/C15H31NO/c1-14(2,3)12-10-8-9-11-13(17)16(7)15(4,5)6/h8-12H2,1-7H3. The predicted molar refractivity (Wildman–Crippen MR) is 75.1 cm³/mol. The molecule has 0 aromatic carbocycles.